The first-order valence-electron chi connectivity index (χ1n) is 7.85. The number of pyridine rings is 1. The fraction of sp³-hybridized carbons (Fsp3) is 0.211. The van der Waals surface area contributed by atoms with Gasteiger partial charge < -0.3 is 11.1 Å². The Morgan fingerprint density at radius 1 is 1.43 bits per heavy atom. The molecule has 0 spiro atoms. The van der Waals surface area contributed by atoms with Gasteiger partial charge in [0.05, 0.1) is 17.1 Å². The number of aromatic nitrogens is 1. The van der Waals surface area contributed by atoms with Crippen molar-refractivity contribution in [3.8, 4) is 0 Å². The minimum atomic E-state index is 0.455. The number of nitrogens with one attached hydrogen (secondary N) is 1. The van der Waals surface area contributed by atoms with Gasteiger partial charge >= 0.3 is 0 Å². The molecule has 1 unspecified atom stereocenters. The van der Waals surface area contributed by atoms with Gasteiger partial charge in [-0.25, -0.2) is 0 Å². The zero-order chi connectivity index (χ0) is 16.2. The summed E-state index contributed by atoms with van der Waals surface area (Å²) in [6, 6.07) is 5.82. The molecule has 4 nitrogen and oxygen atoms in total. The molecule has 0 bridgehead atoms. The van der Waals surface area contributed by atoms with Crippen LogP contribution in [0.1, 0.15) is 19.0 Å². The molecule has 118 valence electrons. The van der Waals surface area contributed by atoms with E-state index in [1.165, 1.54) is 0 Å². The van der Waals surface area contributed by atoms with Gasteiger partial charge in [-0.15, -0.1) is 0 Å². The molecule has 2 heterocycles. The molecule has 23 heavy (non-hydrogen) atoms. The molecule has 0 fully saturated rings. The number of rotatable bonds is 4. The molecule has 1 atom stereocenters. The number of nitrogens with zero attached hydrogens (tertiary/aromatic N) is 2. The van der Waals surface area contributed by atoms with Gasteiger partial charge in [0.15, 0.2) is 0 Å². The van der Waals surface area contributed by atoms with E-state index in [0.717, 1.165) is 41.6 Å². The van der Waals surface area contributed by atoms with E-state index in [1.807, 2.05) is 30.4 Å². The van der Waals surface area contributed by atoms with Crippen LogP contribution in [-0.4, -0.2) is 16.4 Å². The smallest absolute Gasteiger partial charge is 0.111 e. The highest BCUT2D eigenvalue weighted by atomic mass is 15.3. The van der Waals surface area contributed by atoms with E-state index in [4.69, 9.17) is 5.73 Å². The second-order valence-corrected chi connectivity index (χ2v) is 5.81. The molecule has 1 aromatic heterocycles. The molecule has 0 saturated carbocycles. The topological polar surface area (TPSA) is 54.2 Å². The zero-order valence-electron chi connectivity index (χ0n) is 13.4. The normalized spacial score (nSPS) is 20.0. The number of hydrogen-bond donors (Lipinski definition) is 2. The van der Waals surface area contributed by atoms with Crippen molar-refractivity contribution in [1.29, 1.82) is 0 Å². The van der Waals surface area contributed by atoms with Crippen LogP contribution in [0.3, 0.4) is 0 Å². The standard InChI is InChI=1S/C19H22N4/c1-14-9-10-18(16(20)13-14)23(19-8-4-6-12-22-19)15(2)17-7-3-5-11-21-17/h3-11,14,22H,2,12-13,20H2,1H3. The van der Waals surface area contributed by atoms with Crippen LogP contribution in [-0.2, 0) is 0 Å². The molecule has 3 rings (SSSR count). The van der Waals surface area contributed by atoms with Crippen molar-refractivity contribution in [2.75, 3.05) is 6.54 Å². The van der Waals surface area contributed by atoms with E-state index in [2.05, 4.69) is 46.9 Å². The van der Waals surface area contributed by atoms with Crippen molar-refractivity contribution >= 4 is 5.70 Å². The first-order valence-corrected chi connectivity index (χ1v) is 7.85. The fourth-order valence-corrected chi connectivity index (χ4v) is 2.77. The third kappa shape index (κ3) is 3.21. The van der Waals surface area contributed by atoms with Gasteiger partial charge in [0, 0.05) is 18.4 Å². The zero-order valence-corrected chi connectivity index (χ0v) is 13.4. The van der Waals surface area contributed by atoms with Crippen LogP contribution in [0.15, 0.2) is 78.6 Å². The van der Waals surface area contributed by atoms with Gasteiger partial charge in [0.1, 0.15) is 5.82 Å². The van der Waals surface area contributed by atoms with E-state index in [1.54, 1.807) is 6.20 Å². The average molecular weight is 306 g/mol. The Morgan fingerprint density at radius 3 is 2.96 bits per heavy atom. The van der Waals surface area contributed by atoms with Crippen LogP contribution in [0.5, 0.6) is 0 Å². The van der Waals surface area contributed by atoms with Crippen molar-refractivity contribution in [3.05, 3.63) is 84.3 Å². The highest BCUT2D eigenvalue weighted by molar-refractivity contribution is 5.64. The summed E-state index contributed by atoms with van der Waals surface area (Å²) in [6.45, 7) is 7.21. The molecule has 1 aromatic rings. The van der Waals surface area contributed by atoms with Crippen LogP contribution >= 0.6 is 0 Å². The molecule has 0 saturated heterocycles. The highest BCUT2D eigenvalue weighted by Crippen LogP contribution is 2.31. The van der Waals surface area contributed by atoms with Crippen molar-refractivity contribution in [2.24, 2.45) is 11.7 Å². The Labute approximate surface area is 137 Å². The third-order valence-corrected chi connectivity index (χ3v) is 3.96. The van der Waals surface area contributed by atoms with Gasteiger partial charge in [0.2, 0.25) is 0 Å². The summed E-state index contributed by atoms with van der Waals surface area (Å²) in [7, 11) is 0. The molecule has 2 aliphatic rings. The second kappa shape index (κ2) is 6.57. The predicted molar refractivity (Wildman–Crippen MR) is 94.5 cm³/mol. The van der Waals surface area contributed by atoms with Gasteiger partial charge in [-0.05, 0) is 36.6 Å². The fourth-order valence-electron chi connectivity index (χ4n) is 2.77. The minimum absolute atomic E-state index is 0.455. The van der Waals surface area contributed by atoms with Gasteiger partial charge in [0.25, 0.3) is 0 Å². The molecular weight excluding hydrogens is 284 g/mol. The lowest BCUT2D eigenvalue weighted by molar-refractivity contribution is 0.530. The molecule has 1 aliphatic heterocycles. The maximum Gasteiger partial charge on any atom is 0.111 e. The third-order valence-electron chi connectivity index (χ3n) is 3.96. The maximum absolute atomic E-state index is 6.35. The number of hydrogen-bond acceptors (Lipinski definition) is 4. The summed E-state index contributed by atoms with van der Waals surface area (Å²) in [4.78, 5) is 6.49. The molecular formula is C19H22N4. The van der Waals surface area contributed by atoms with Crippen LogP contribution in [0.25, 0.3) is 5.70 Å². The number of nitrogens with two attached hydrogens (primary N) is 1. The SMILES string of the molecule is C=C(c1ccccn1)N(C1=CC=CCN1)C1=C(N)CC(C)C=C1. The largest absolute Gasteiger partial charge is 0.400 e. The summed E-state index contributed by atoms with van der Waals surface area (Å²) in [6.07, 6.45) is 13.0. The Kier molecular flexibility index (Phi) is 4.33. The van der Waals surface area contributed by atoms with Gasteiger partial charge in [-0.2, -0.15) is 0 Å². The Balaban J connectivity index is 2.03. The monoisotopic (exact) mass is 306 g/mol. The van der Waals surface area contributed by atoms with Crippen molar-refractivity contribution in [3.63, 3.8) is 0 Å². The van der Waals surface area contributed by atoms with Crippen LogP contribution in [0.4, 0.5) is 0 Å². The van der Waals surface area contributed by atoms with Crippen LogP contribution in [0, 0.1) is 5.92 Å². The molecule has 0 radical (unpaired) electrons. The van der Waals surface area contributed by atoms with E-state index < -0.39 is 0 Å². The average Bonchev–Trinajstić information content (AvgIpc) is 2.59. The summed E-state index contributed by atoms with van der Waals surface area (Å²) < 4.78 is 0. The quantitative estimate of drug-likeness (QED) is 0.897. The predicted octanol–water partition coefficient (Wildman–Crippen LogP) is 3.12. The lowest BCUT2D eigenvalue weighted by Crippen LogP contribution is -2.33. The molecule has 1 aliphatic carbocycles. The lowest BCUT2D eigenvalue weighted by Gasteiger charge is -2.33. The molecule has 4 heteroatoms. The van der Waals surface area contributed by atoms with Crippen molar-refractivity contribution in [1.82, 2.24) is 15.2 Å². The Bertz CT molecular complexity index is 710. The van der Waals surface area contributed by atoms with E-state index in [0.29, 0.717) is 5.92 Å². The van der Waals surface area contributed by atoms with Gasteiger partial charge in [-0.3, -0.25) is 9.88 Å². The van der Waals surface area contributed by atoms with E-state index in [-0.39, 0.29) is 0 Å². The Morgan fingerprint density at radius 2 is 2.30 bits per heavy atom. The Hall–Kier alpha value is -2.75. The van der Waals surface area contributed by atoms with Crippen LogP contribution < -0.4 is 11.1 Å². The number of dihydropyridines is 1. The lowest BCUT2D eigenvalue weighted by atomic mass is 9.97. The minimum Gasteiger partial charge on any atom is -0.400 e. The summed E-state index contributed by atoms with van der Waals surface area (Å²) in [5, 5.41) is 3.39. The van der Waals surface area contributed by atoms with E-state index in [9.17, 15) is 0 Å². The molecule has 0 amide bonds. The van der Waals surface area contributed by atoms with Crippen molar-refractivity contribution in [2.45, 2.75) is 13.3 Å². The van der Waals surface area contributed by atoms with Gasteiger partial charge in [-0.1, -0.05) is 37.8 Å². The van der Waals surface area contributed by atoms with E-state index >= 15 is 0 Å². The summed E-state index contributed by atoms with van der Waals surface area (Å²) in [5.74, 6) is 1.41. The highest BCUT2D eigenvalue weighted by Gasteiger charge is 2.23. The van der Waals surface area contributed by atoms with Crippen molar-refractivity contribution < 1.29 is 0 Å². The molecule has 0 aromatic carbocycles. The molecule has 3 N–H and O–H groups in total. The first-order chi connectivity index (χ1) is 11.2. The second-order valence-electron chi connectivity index (χ2n) is 5.81. The first kappa shape index (κ1) is 15.2. The van der Waals surface area contributed by atoms with Crippen LogP contribution in [0.2, 0.25) is 0 Å². The summed E-state index contributed by atoms with van der Waals surface area (Å²) in [5.41, 5.74) is 9.81. The maximum atomic E-state index is 6.35. The number of allylic oxidation sites excluding steroid dienone is 5. The summed E-state index contributed by atoms with van der Waals surface area (Å²) >= 11 is 0.